The second kappa shape index (κ2) is 11.3. The Balaban J connectivity index is 0.00000338. The molecular weight excluding hydrogens is 483 g/mol. The molecule has 2 rings (SSSR count). The van der Waals surface area contributed by atoms with Gasteiger partial charge in [0.1, 0.15) is 0 Å². The van der Waals surface area contributed by atoms with E-state index in [-0.39, 0.29) is 24.0 Å². The summed E-state index contributed by atoms with van der Waals surface area (Å²) in [6, 6.07) is 0. The molecule has 0 aromatic carbocycles. The number of sulfonamides is 1. The normalized spacial score (nSPS) is 23.8. The van der Waals surface area contributed by atoms with E-state index in [0.29, 0.717) is 30.2 Å². The van der Waals surface area contributed by atoms with Crippen molar-refractivity contribution < 1.29 is 8.42 Å². The summed E-state index contributed by atoms with van der Waals surface area (Å²) in [5.74, 6) is 3.33. The van der Waals surface area contributed by atoms with Crippen molar-refractivity contribution in [2.24, 2.45) is 16.8 Å². The van der Waals surface area contributed by atoms with Crippen molar-refractivity contribution in [3.63, 3.8) is 0 Å². The molecule has 154 valence electrons. The molecule has 0 saturated carbocycles. The summed E-state index contributed by atoms with van der Waals surface area (Å²) in [6.45, 7) is 11.7. The molecule has 6 nitrogen and oxygen atoms in total. The topological polar surface area (TPSA) is 65.0 Å². The van der Waals surface area contributed by atoms with Crippen LogP contribution in [0.25, 0.3) is 0 Å². The molecule has 2 aliphatic rings. The summed E-state index contributed by atoms with van der Waals surface area (Å²) in [5, 5.41) is 4.11. The summed E-state index contributed by atoms with van der Waals surface area (Å²) in [7, 11) is -3.05. The number of thioether (sulfide) groups is 1. The van der Waals surface area contributed by atoms with Crippen LogP contribution >= 0.6 is 35.7 Å². The van der Waals surface area contributed by atoms with Crippen molar-refractivity contribution in [1.29, 1.82) is 0 Å². The Labute approximate surface area is 181 Å². The third-order valence-corrected chi connectivity index (χ3v) is 7.86. The standard InChI is InChI=1S/C17H34N4O2S2.HI/c1-5-18-17(20-10-11-24-16(13-20)14(2)3)19-12-15-6-8-21(9-7-15)25(4,22)23;/h14-16H,5-13H2,1-4H3,(H,18,19);1H. The van der Waals surface area contributed by atoms with E-state index >= 15 is 0 Å². The van der Waals surface area contributed by atoms with Crippen LogP contribution in [-0.2, 0) is 10.0 Å². The average molecular weight is 519 g/mol. The van der Waals surface area contributed by atoms with Crippen LogP contribution in [0.5, 0.6) is 0 Å². The van der Waals surface area contributed by atoms with Gasteiger partial charge < -0.3 is 10.2 Å². The fourth-order valence-electron chi connectivity index (χ4n) is 3.34. The maximum atomic E-state index is 11.6. The van der Waals surface area contributed by atoms with E-state index in [2.05, 4.69) is 42.7 Å². The number of guanidine groups is 1. The van der Waals surface area contributed by atoms with Gasteiger partial charge in [0.05, 0.1) is 6.26 Å². The molecule has 0 radical (unpaired) electrons. The summed E-state index contributed by atoms with van der Waals surface area (Å²) >= 11 is 2.07. The van der Waals surface area contributed by atoms with Gasteiger partial charge in [-0.25, -0.2) is 12.7 Å². The third kappa shape index (κ3) is 7.35. The number of aliphatic imine (C=N–C) groups is 1. The van der Waals surface area contributed by atoms with Crippen molar-refractivity contribution in [2.45, 2.75) is 38.9 Å². The number of hydrogen-bond donors (Lipinski definition) is 1. The quantitative estimate of drug-likeness (QED) is 0.344. The van der Waals surface area contributed by atoms with Gasteiger partial charge in [0.2, 0.25) is 10.0 Å². The van der Waals surface area contributed by atoms with Gasteiger partial charge in [-0.15, -0.1) is 24.0 Å². The minimum atomic E-state index is -3.05. The molecule has 0 bridgehead atoms. The smallest absolute Gasteiger partial charge is 0.211 e. The number of halogens is 1. The maximum Gasteiger partial charge on any atom is 0.211 e. The molecular formula is C17H35IN4O2S2. The second-order valence-electron chi connectivity index (χ2n) is 7.40. The highest BCUT2D eigenvalue weighted by molar-refractivity contribution is 14.0. The van der Waals surface area contributed by atoms with Gasteiger partial charge in [-0.1, -0.05) is 13.8 Å². The summed E-state index contributed by atoms with van der Waals surface area (Å²) in [6.07, 6.45) is 3.11. The Morgan fingerprint density at radius 3 is 2.46 bits per heavy atom. The predicted octanol–water partition coefficient (Wildman–Crippen LogP) is 2.31. The Bertz CT molecular complexity index is 549. The lowest BCUT2D eigenvalue weighted by atomic mass is 9.98. The van der Waals surface area contributed by atoms with Gasteiger partial charge in [-0.3, -0.25) is 4.99 Å². The van der Waals surface area contributed by atoms with Crippen molar-refractivity contribution in [2.75, 3.05) is 51.3 Å². The monoisotopic (exact) mass is 518 g/mol. The molecule has 1 atom stereocenters. The van der Waals surface area contributed by atoms with Crippen LogP contribution in [-0.4, -0.2) is 80.1 Å². The molecule has 0 spiro atoms. The molecule has 26 heavy (non-hydrogen) atoms. The second-order valence-corrected chi connectivity index (χ2v) is 10.7. The molecule has 2 aliphatic heterocycles. The first-order valence-corrected chi connectivity index (χ1v) is 12.3. The van der Waals surface area contributed by atoms with E-state index in [1.54, 1.807) is 4.31 Å². The number of nitrogens with zero attached hydrogens (tertiary/aromatic N) is 3. The van der Waals surface area contributed by atoms with Crippen LogP contribution in [0.4, 0.5) is 0 Å². The third-order valence-electron chi connectivity index (χ3n) is 5.01. The Kier molecular flexibility index (Phi) is 10.6. The van der Waals surface area contributed by atoms with Gasteiger partial charge in [0, 0.05) is 50.3 Å². The van der Waals surface area contributed by atoms with Crippen LogP contribution < -0.4 is 5.32 Å². The van der Waals surface area contributed by atoms with E-state index in [0.717, 1.165) is 50.7 Å². The molecule has 2 fully saturated rings. The largest absolute Gasteiger partial charge is 0.357 e. The summed E-state index contributed by atoms with van der Waals surface area (Å²) < 4.78 is 24.8. The van der Waals surface area contributed by atoms with E-state index in [4.69, 9.17) is 4.99 Å². The number of rotatable bonds is 5. The average Bonchev–Trinajstić information content (AvgIpc) is 2.58. The Morgan fingerprint density at radius 2 is 1.92 bits per heavy atom. The van der Waals surface area contributed by atoms with E-state index in [1.807, 2.05) is 0 Å². The molecule has 0 amide bonds. The molecule has 0 aromatic rings. The lowest BCUT2D eigenvalue weighted by molar-refractivity contribution is 0.279. The minimum absolute atomic E-state index is 0. The Hall–Kier alpha value is 0.260. The zero-order valence-corrected chi connectivity index (χ0v) is 20.4. The van der Waals surface area contributed by atoms with Crippen molar-refractivity contribution in [3.8, 4) is 0 Å². The lowest BCUT2D eigenvalue weighted by Crippen LogP contribution is -2.49. The van der Waals surface area contributed by atoms with Gasteiger partial charge >= 0.3 is 0 Å². The molecule has 0 aliphatic carbocycles. The summed E-state index contributed by atoms with van der Waals surface area (Å²) in [5.41, 5.74) is 0. The van der Waals surface area contributed by atoms with Crippen LogP contribution in [0, 0.1) is 11.8 Å². The first kappa shape index (κ1) is 24.3. The highest BCUT2D eigenvalue weighted by Crippen LogP contribution is 2.25. The summed E-state index contributed by atoms with van der Waals surface area (Å²) in [4.78, 5) is 7.30. The minimum Gasteiger partial charge on any atom is -0.357 e. The van der Waals surface area contributed by atoms with Crippen LogP contribution in [0.3, 0.4) is 0 Å². The maximum absolute atomic E-state index is 11.6. The Morgan fingerprint density at radius 1 is 1.27 bits per heavy atom. The molecule has 2 heterocycles. The molecule has 1 unspecified atom stereocenters. The molecule has 0 aromatic heterocycles. The lowest BCUT2D eigenvalue weighted by Gasteiger charge is -2.36. The van der Waals surface area contributed by atoms with Crippen molar-refractivity contribution >= 4 is 51.7 Å². The highest BCUT2D eigenvalue weighted by Gasteiger charge is 2.27. The molecule has 1 N–H and O–H groups in total. The van der Waals surface area contributed by atoms with Crippen molar-refractivity contribution in [1.82, 2.24) is 14.5 Å². The van der Waals surface area contributed by atoms with E-state index in [9.17, 15) is 8.42 Å². The van der Waals surface area contributed by atoms with Gasteiger partial charge in [-0.2, -0.15) is 11.8 Å². The highest BCUT2D eigenvalue weighted by atomic mass is 127. The van der Waals surface area contributed by atoms with Gasteiger partial charge in [0.15, 0.2) is 5.96 Å². The molecule has 2 saturated heterocycles. The fourth-order valence-corrected chi connectivity index (χ4v) is 5.51. The number of piperidine rings is 1. The predicted molar refractivity (Wildman–Crippen MR) is 123 cm³/mol. The SMILES string of the molecule is CCNC(=NCC1CCN(S(C)(=O)=O)CC1)N1CCSC(C(C)C)C1.I. The van der Waals surface area contributed by atoms with Crippen LogP contribution in [0.15, 0.2) is 4.99 Å². The van der Waals surface area contributed by atoms with E-state index < -0.39 is 10.0 Å². The van der Waals surface area contributed by atoms with Crippen molar-refractivity contribution in [3.05, 3.63) is 0 Å². The van der Waals surface area contributed by atoms with Crippen LogP contribution in [0.2, 0.25) is 0 Å². The zero-order chi connectivity index (χ0) is 18.4. The van der Waals surface area contributed by atoms with Crippen LogP contribution in [0.1, 0.15) is 33.6 Å². The first-order valence-electron chi connectivity index (χ1n) is 9.41. The fraction of sp³-hybridized carbons (Fsp3) is 0.941. The first-order chi connectivity index (χ1) is 11.8. The molecule has 9 heteroatoms. The zero-order valence-electron chi connectivity index (χ0n) is 16.5. The van der Waals surface area contributed by atoms with Gasteiger partial charge in [-0.05, 0) is 31.6 Å². The van der Waals surface area contributed by atoms with Gasteiger partial charge in [0.25, 0.3) is 0 Å². The van der Waals surface area contributed by atoms with E-state index in [1.165, 1.54) is 6.26 Å². The number of nitrogens with one attached hydrogen (secondary N) is 1. The number of hydrogen-bond acceptors (Lipinski definition) is 4.